The van der Waals surface area contributed by atoms with E-state index in [4.69, 9.17) is 14.1 Å². The molecule has 0 N–H and O–H groups in total. The average Bonchev–Trinajstić information content (AvgIpc) is 3.46. The monoisotopic (exact) mass is 394 g/mol. The summed E-state index contributed by atoms with van der Waals surface area (Å²) < 4.78 is 15.7. The molecule has 0 radical (unpaired) electrons. The molecule has 0 spiro atoms. The number of hydrogen-bond donors (Lipinski definition) is 0. The molecule has 0 atom stereocenters. The minimum Gasteiger partial charge on any atom is -0.492 e. The van der Waals surface area contributed by atoms with Gasteiger partial charge in [0.2, 0.25) is 0 Å². The highest BCUT2D eigenvalue weighted by atomic mass is 32.1. The molecule has 0 aliphatic rings. The van der Waals surface area contributed by atoms with Crippen LogP contribution in [0.25, 0.3) is 11.5 Å². The topological polar surface area (TPSA) is 57.5 Å². The van der Waals surface area contributed by atoms with Crippen LogP contribution in [0.1, 0.15) is 13.3 Å². The largest absolute Gasteiger partial charge is 0.492 e. The summed E-state index contributed by atoms with van der Waals surface area (Å²) >= 11 is 1.61. The van der Waals surface area contributed by atoms with Gasteiger partial charge in [-0.15, -0.1) is 11.3 Å². The van der Waals surface area contributed by atoms with Gasteiger partial charge in [-0.25, -0.2) is 9.98 Å². The molecule has 28 heavy (non-hydrogen) atoms. The van der Waals surface area contributed by atoms with Crippen molar-refractivity contribution in [3.05, 3.63) is 71.6 Å². The Morgan fingerprint density at radius 1 is 1.18 bits per heavy atom. The zero-order valence-corrected chi connectivity index (χ0v) is 16.5. The zero-order valence-electron chi connectivity index (χ0n) is 15.7. The number of rotatable bonds is 8. The molecule has 144 valence electrons. The average molecular weight is 395 g/mol. The Balaban J connectivity index is 1.68. The summed E-state index contributed by atoms with van der Waals surface area (Å²) in [6.45, 7) is 4.31. The molecule has 6 nitrogen and oxygen atoms in total. The van der Waals surface area contributed by atoms with Gasteiger partial charge in [0.05, 0.1) is 24.9 Å². The van der Waals surface area contributed by atoms with E-state index in [1.807, 2.05) is 55.8 Å². The van der Waals surface area contributed by atoms with Crippen molar-refractivity contribution >= 4 is 17.0 Å². The van der Waals surface area contributed by atoms with Crippen molar-refractivity contribution < 1.29 is 9.15 Å². The summed E-state index contributed by atoms with van der Waals surface area (Å²) in [6, 6.07) is 11.8. The van der Waals surface area contributed by atoms with Crippen LogP contribution in [0, 0.1) is 0 Å². The molecular formula is C21H22N4O2S. The van der Waals surface area contributed by atoms with Gasteiger partial charge in [0.25, 0.3) is 0 Å². The highest BCUT2D eigenvalue weighted by Crippen LogP contribution is 2.27. The van der Waals surface area contributed by atoms with Gasteiger partial charge in [-0.3, -0.25) is 0 Å². The Morgan fingerprint density at radius 2 is 2.11 bits per heavy atom. The van der Waals surface area contributed by atoms with Gasteiger partial charge in [0.15, 0.2) is 10.6 Å². The molecule has 0 saturated heterocycles. The first-order valence-corrected chi connectivity index (χ1v) is 10.2. The van der Waals surface area contributed by atoms with Crippen molar-refractivity contribution in [1.29, 1.82) is 0 Å². The Morgan fingerprint density at radius 3 is 2.89 bits per heavy atom. The lowest BCUT2D eigenvalue weighted by Gasteiger charge is -2.09. The highest BCUT2D eigenvalue weighted by molar-refractivity contribution is 7.07. The summed E-state index contributed by atoms with van der Waals surface area (Å²) in [4.78, 5) is 9.93. The number of benzene rings is 1. The van der Waals surface area contributed by atoms with Crippen LogP contribution < -0.4 is 9.54 Å². The van der Waals surface area contributed by atoms with E-state index in [1.54, 1.807) is 23.8 Å². The molecule has 1 aromatic carbocycles. The normalized spacial score (nSPS) is 11.8. The van der Waals surface area contributed by atoms with E-state index in [1.165, 1.54) is 0 Å². The summed E-state index contributed by atoms with van der Waals surface area (Å²) in [7, 11) is 0. The molecule has 0 aliphatic carbocycles. The first kappa shape index (κ1) is 18.3. The maximum absolute atomic E-state index is 5.73. The third-order valence-electron chi connectivity index (χ3n) is 4.31. The van der Waals surface area contributed by atoms with Crippen LogP contribution in [0.2, 0.25) is 0 Å². The number of ether oxygens (including phenoxy) is 1. The van der Waals surface area contributed by atoms with Crippen molar-refractivity contribution in [2.45, 2.75) is 26.4 Å². The lowest BCUT2D eigenvalue weighted by molar-refractivity contribution is 0.341. The van der Waals surface area contributed by atoms with Crippen molar-refractivity contribution in [3.63, 3.8) is 0 Å². The number of imidazole rings is 1. The van der Waals surface area contributed by atoms with Crippen molar-refractivity contribution in [1.82, 2.24) is 14.1 Å². The van der Waals surface area contributed by atoms with Gasteiger partial charge in [0, 0.05) is 30.9 Å². The summed E-state index contributed by atoms with van der Waals surface area (Å²) in [6.07, 6.45) is 8.28. The lowest BCUT2D eigenvalue weighted by atomic mass is 10.3. The second-order valence-corrected chi connectivity index (χ2v) is 7.04. The molecule has 0 fully saturated rings. The number of aryl methyl sites for hydroxylation is 1. The van der Waals surface area contributed by atoms with E-state index < -0.39 is 0 Å². The lowest BCUT2D eigenvalue weighted by Crippen LogP contribution is -2.17. The number of thiazole rings is 1. The SMILES string of the molecule is CCOc1ccccc1N=c1scc(-c2ccco2)n1CCCn1ccnc1. The summed E-state index contributed by atoms with van der Waals surface area (Å²) in [5.74, 6) is 1.64. The molecule has 4 aromatic rings. The predicted octanol–water partition coefficient (Wildman–Crippen LogP) is 4.73. The Hall–Kier alpha value is -3.06. The fourth-order valence-electron chi connectivity index (χ4n) is 3.02. The minimum atomic E-state index is 0.611. The van der Waals surface area contributed by atoms with Gasteiger partial charge >= 0.3 is 0 Å². The second kappa shape index (κ2) is 8.75. The number of aromatic nitrogens is 3. The summed E-state index contributed by atoms with van der Waals surface area (Å²) in [5, 5.41) is 2.10. The fraction of sp³-hybridized carbons (Fsp3) is 0.238. The predicted molar refractivity (Wildman–Crippen MR) is 110 cm³/mol. The molecule has 3 heterocycles. The first-order valence-electron chi connectivity index (χ1n) is 9.29. The summed E-state index contributed by atoms with van der Waals surface area (Å²) in [5.41, 5.74) is 1.87. The van der Waals surface area contributed by atoms with E-state index in [-0.39, 0.29) is 0 Å². The molecule has 0 unspecified atom stereocenters. The molecule has 0 aliphatic heterocycles. The van der Waals surface area contributed by atoms with Crippen LogP contribution >= 0.6 is 11.3 Å². The zero-order chi connectivity index (χ0) is 19.2. The number of hydrogen-bond acceptors (Lipinski definition) is 5. The molecule has 0 amide bonds. The van der Waals surface area contributed by atoms with E-state index in [2.05, 4.69) is 19.5 Å². The number of nitrogens with zero attached hydrogens (tertiary/aromatic N) is 4. The minimum absolute atomic E-state index is 0.611. The van der Waals surface area contributed by atoms with E-state index in [0.29, 0.717) is 6.61 Å². The Kier molecular flexibility index (Phi) is 5.72. The number of furan rings is 1. The molecule has 4 rings (SSSR count). The van der Waals surface area contributed by atoms with Crippen molar-refractivity contribution in [3.8, 4) is 17.2 Å². The van der Waals surface area contributed by atoms with Crippen LogP contribution in [0.15, 0.2) is 76.2 Å². The van der Waals surface area contributed by atoms with E-state index >= 15 is 0 Å². The Bertz CT molecular complexity index is 1060. The van der Waals surface area contributed by atoms with E-state index in [9.17, 15) is 0 Å². The molecule has 0 saturated carbocycles. The quantitative estimate of drug-likeness (QED) is 0.434. The molecular weight excluding hydrogens is 372 g/mol. The highest BCUT2D eigenvalue weighted by Gasteiger charge is 2.11. The van der Waals surface area contributed by atoms with Crippen LogP contribution in [0.4, 0.5) is 5.69 Å². The van der Waals surface area contributed by atoms with Crippen LogP contribution in [0.5, 0.6) is 5.75 Å². The number of para-hydroxylation sites is 2. The smallest absolute Gasteiger partial charge is 0.190 e. The van der Waals surface area contributed by atoms with Crippen LogP contribution in [-0.2, 0) is 13.1 Å². The second-order valence-electron chi connectivity index (χ2n) is 6.20. The molecule has 0 bridgehead atoms. The van der Waals surface area contributed by atoms with E-state index in [0.717, 1.165) is 47.2 Å². The van der Waals surface area contributed by atoms with Crippen LogP contribution in [0.3, 0.4) is 0 Å². The van der Waals surface area contributed by atoms with Gasteiger partial charge in [0.1, 0.15) is 11.4 Å². The molecule has 3 aromatic heterocycles. The van der Waals surface area contributed by atoms with Gasteiger partial charge < -0.3 is 18.3 Å². The Labute approximate surface area is 167 Å². The van der Waals surface area contributed by atoms with Gasteiger partial charge in [-0.2, -0.15) is 0 Å². The fourth-order valence-corrected chi connectivity index (χ4v) is 3.95. The maximum atomic E-state index is 5.73. The van der Waals surface area contributed by atoms with Gasteiger partial charge in [-0.1, -0.05) is 12.1 Å². The van der Waals surface area contributed by atoms with Crippen molar-refractivity contribution in [2.24, 2.45) is 4.99 Å². The third-order valence-corrected chi connectivity index (χ3v) is 5.17. The van der Waals surface area contributed by atoms with Crippen molar-refractivity contribution in [2.75, 3.05) is 6.61 Å². The van der Waals surface area contributed by atoms with Crippen LogP contribution in [-0.4, -0.2) is 20.7 Å². The standard InChI is InChI=1S/C21H22N4O2S/c1-2-26-19-8-4-3-7-17(19)23-21-25(12-6-11-24-13-10-22-16-24)18(15-28-21)20-9-5-14-27-20/h3-5,7-10,13-16H,2,6,11-12H2,1H3. The third kappa shape index (κ3) is 4.09. The van der Waals surface area contributed by atoms with Gasteiger partial charge in [-0.05, 0) is 37.6 Å². The first-order chi connectivity index (χ1) is 13.8. The molecule has 7 heteroatoms. The maximum Gasteiger partial charge on any atom is 0.190 e.